The topological polar surface area (TPSA) is 21.3 Å². The van der Waals surface area contributed by atoms with Crippen LogP contribution in [0.25, 0.3) is 0 Å². The Hall–Kier alpha value is -2.84. The molecule has 0 bridgehead atoms. The van der Waals surface area contributed by atoms with Crippen molar-refractivity contribution in [2.75, 3.05) is 19.0 Å². The molecule has 0 radical (unpaired) electrons. The highest BCUT2D eigenvalue weighted by Crippen LogP contribution is 2.15. The molecule has 0 saturated heterocycles. The van der Waals surface area contributed by atoms with E-state index in [0.29, 0.717) is 6.54 Å². The lowest BCUT2D eigenvalue weighted by Crippen LogP contribution is -1.98. The molecule has 0 unspecified atom stereocenters. The van der Waals surface area contributed by atoms with Gasteiger partial charge in [-0.05, 0) is 36.1 Å². The number of ether oxygens (including phenoxy) is 1. The van der Waals surface area contributed by atoms with Crippen molar-refractivity contribution >= 4 is 5.69 Å². The molecule has 0 aromatic heterocycles. The molecule has 2 heteroatoms. The van der Waals surface area contributed by atoms with Crippen LogP contribution in [0.2, 0.25) is 0 Å². The zero-order chi connectivity index (χ0) is 14.0. The van der Waals surface area contributed by atoms with Crippen molar-refractivity contribution in [3.8, 4) is 29.4 Å². The fraction of sp³-hybridized carbons (Fsp3) is 0.111. The molecule has 0 aliphatic carbocycles. The van der Waals surface area contributed by atoms with Gasteiger partial charge in [-0.25, -0.2) is 0 Å². The Labute approximate surface area is 119 Å². The van der Waals surface area contributed by atoms with Crippen molar-refractivity contribution in [1.82, 2.24) is 0 Å². The van der Waals surface area contributed by atoms with Crippen molar-refractivity contribution < 1.29 is 4.74 Å². The van der Waals surface area contributed by atoms with Crippen LogP contribution in [0.4, 0.5) is 5.69 Å². The highest BCUT2D eigenvalue weighted by atomic mass is 16.5. The van der Waals surface area contributed by atoms with Crippen molar-refractivity contribution in [3.05, 3.63) is 60.2 Å². The summed E-state index contributed by atoms with van der Waals surface area (Å²) in [5.41, 5.74) is 1.96. The molecule has 0 atom stereocenters. The molecule has 2 nitrogen and oxygen atoms in total. The van der Waals surface area contributed by atoms with E-state index in [9.17, 15) is 0 Å². The zero-order valence-corrected chi connectivity index (χ0v) is 11.3. The highest BCUT2D eigenvalue weighted by molar-refractivity contribution is 5.49. The average molecular weight is 261 g/mol. The van der Waals surface area contributed by atoms with E-state index in [1.807, 2.05) is 54.6 Å². The second-order valence-corrected chi connectivity index (χ2v) is 4.00. The third-order valence-corrected chi connectivity index (χ3v) is 2.58. The van der Waals surface area contributed by atoms with Crippen LogP contribution < -0.4 is 10.1 Å². The second kappa shape index (κ2) is 7.56. The van der Waals surface area contributed by atoms with Crippen molar-refractivity contribution in [2.45, 2.75) is 0 Å². The van der Waals surface area contributed by atoms with E-state index < -0.39 is 0 Å². The van der Waals surface area contributed by atoms with Crippen molar-refractivity contribution in [1.29, 1.82) is 0 Å². The predicted molar refractivity (Wildman–Crippen MR) is 82.6 cm³/mol. The van der Waals surface area contributed by atoms with E-state index in [1.165, 1.54) is 0 Å². The summed E-state index contributed by atoms with van der Waals surface area (Å²) in [5, 5.41) is 3.20. The van der Waals surface area contributed by atoms with E-state index in [0.717, 1.165) is 17.0 Å². The molecule has 0 spiro atoms. The van der Waals surface area contributed by atoms with Gasteiger partial charge >= 0.3 is 0 Å². The third-order valence-electron chi connectivity index (χ3n) is 2.58. The smallest absolute Gasteiger partial charge is 0.120 e. The zero-order valence-electron chi connectivity index (χ0n) is 11.3. The molecule has 2 aromatic carbocycles. The van der Waals surface area contributed by atoms with Gasteiger partial charge in [0.05, 0.1) is 13.7 Å². The first-order valence-electron chi connectivity index (χ1n) is 6.30. The normalized spacial score (nSPS) is 8.65. The summed E-state index contributed by atoms with van der Waals surface area (Å²) in [5.74, 6) is 12.4. The maximum atomic E-state index is 5.15. The van der Waals surface area contributed by atoms with E-state index in [2.05, 4.69) is 29.0 Å². The summed E-state index contributed by atoms with van der Waals surface area (Å²) in [4.78, 5) is 0. The molecule has 0 aliphatic rings. The van der Waals surface area contributed by atoms with Gasteiger partial charge in [0.15, 0.2) is 0 Å². The third kappa shape index (κ3) is 4.44. The molecule has 0 saturated carbocycles. The first-order chi connectivity index (χ1) is 9.88. The molecule has 0 fully saturated rings. The van der Waals surface area contributed by atoms with Crippen LogP contribution >= 0.6 is 0 Å². The number of rotatable bonds is 3. The van der Waals surface area contributed by atoms with Gasteiger partial charge < -0.3 is 10.1 Å². The van der Waals surface area contributed by atoms with E-state index >= 15 is 0 Å². The van der Waals surface area contributed by atoms with Gasteiger partial charge in [-0.3, -0.25) is 0 Å². The summed E-state index contributed by atoms with van der Waals surface area (Å²) in [6, 6.07) is 17.5. The SMILES string of the molecule is COc1cccc(NCC#CC#Cc2ccccc2)c1. The molecular weight excluding hydrogens is 246 g/mol. The quantitative estimate of drug-likeness (QED) is 0.857. The Kier molecular flexibility index (Phi) is 5.14. The minimum absolute atomic E-state index is 0.552. The number of anilines is 1. The molecule has 0 amide bonds. The Balaban J connectivity index is 1.85. The monoisotopic (exact) mass is 261 g/mol. The van der Waals surface area contributed by atoms with E-state index in [-0.39, 0.29) is 0 Å². The lowest BCUT2D eigenvalue weighted by molar-refractivity contribution is 0.415. The van der Waals surface area contributed by atoms with Gasteiger partial charge in [-0.15, -0.1) is 0 Å². The van der Waals surface area contributed by atoms with Gasteiger partial charge in [-0.2, -0.15) is 0 Å². The lowest BCUT2D eigenvalue weighted by Gasteiger charge is -2.04. The molecular formula is C18H15NO. The van der Waals surface area contributed by atoms with Crippen LogP contribution in [0.1, 0.15) is 5.56 Å². The molecule has 2 rings (SSSR count). The van der Waals surface area contributed by atoms with Crippen LogP contribution in [0.15, 0.2) is 54.6 Å². The first kappa shape index (κ1) is 13.6. The fourth-order valence-electron chi connectivity index (χ4n) is 1.59. The molecule has 98 valence electrons. The lowest BCUT2D eigenvalue weighted by atomic mass is 10.2. The van der Waals surface area contributed by atoms with Crippen LogP contribution in [-0.4, -0.2) is 13.7 Å². The number of hydrogen-bond donors (Lipinski definition) is 1. The maximum absolute atomic E-state index is 5.15. The second-order valence-electron chi connectivity index (χ2n) is 4.00. The average Bonchev–Trinajstić information content (AvgIpc) is 2.52. The predicted octanol–water partition coefficient (Wildman–Crippen LogP) is 3.16. The summed E-state index contributed by atoms with van der Waals surface area (Å²) >= 11 is 0. The standard InChI is InChI=1S/C18H15NO/c1-20-18-13-8-12-17(15-18)19-14-7-3-6-11-16-9-4-2-5-10-16/h2,4-5,8-10,12-13,15,19H,14H2,1H3. The number of hydrogen-bond acceptors (Lipinski definition) is 2. The van der Waals surface area contributed by atoms with Crippen LogP contribution in [0.3, 0.4) is 0 Å². The molecule has 1 N–H and O–H groups in total. The van der Waals surface area contributed by atoms with Gasteiger partial charge in [0, 0.05) is 17.3 Å². The van der Waals surface area contributed by atoms with Crippen LogP contribution in [-0.2, 0) is 0 Å². The largest absolute Gasteiger partial charge is 0.497 e. The molecule has 20 heavy (non-hydrogen) atoms. The summed E-state index contributed by atoms with van der Waals surface area (Å²) in [6.45, 7) is 0.552. The summed E-state index contributed by atoms with van der Waals surface area (Å²) in [7, 11) is 1.65. The van der Waals surface area contributed by atoms with E-state index in [1.54, 1.807) is 7.11 Å². The minimum Gasteiger partial charge on any atom is -0.497 e. The first-order valence-corrected chi connectivity index (χ1v) is 6.30. The Morgan fingerprint density at radius 3 is 2.65 bits per heavy atom. The number of benzene rings is 2. The Morgan fingerprint density at radius 2 is 1.85 bits per heavy atom. The van der Waals surface area contributed by atoms with Crippen molar-refractivity contribution in [2.24, 2.45) is 0 Å². The van der Waals surface area contributed by atoms with Gasteiger partial charge in [0.25, 0.3) is 0 Å². The highest BCUT2D eigenvalue weighted by Gasteiger charge is 1.92. The minimum atomic E-state index is 0.552. The number of nitrogens with one attached hydrogen (secondary N) is 1. The molecule has 2 aromatic rings. The Bertz CT molecular complexity index is 669. The fourth-order valence-corrected chi connectivity index (χ4v) is 1.59. The van der Waals surface area contributed by atoms with Gasteiger partial charge in [0.2, 0.25) is 0 Å². The van der Waals surface area contributed by atoms with Crippen LogP contribution in [0.5, 0.6) is 5.75 Å². The van der Waals surface area contributed by atoms with E-state index in [4.69, 9.17) is 4.74 Å². The number of methoxy groups -OCH3 is 1. The van der Waals surface area contributed by atoms with Gasteiger partial charge in [0.1, 0.15) is 5.75 Å². The maximum Gasteiger partial charge on any atom is 0.120 e. The summed E-state index contributed by atoms with van der Waals surface area (Å²) in [6.07, 6.45) is 0. The van der Waals surface area contributed by atoms with Crippen molar-refractivity contribution in [3.63, 3.8) is 0 Å². The Morgan fingerprint density at radius 1 is 1.00 bits per heavy atom. The summed E-state index contributed by atoms with van der Waals surface area (Å²) < 4.78 is 5.15. The van der Waals surface area contributed by atoms with Gasteiger partial charge in [-0.1, -0.05) is 36.1 Å². The molecule has 0 aliphatic heterocycles. The van der Waals surface area contributed by atoms with Crippen LogP contribution in [0, 0.1) is 23.7 Å². The molecule has 0 heterocycles.